The van der Waals surface area contributed by atoms with E-state index >= 15 is 0 Å². The molecule has 1 aromatic heterocycles. The van der Waals surface area contributed by atoms with Crippen LogP contribution in [-0.2, 0) is 9.53 Å². The van der Waals surface area contributed by atoms with Crippen molar-refractivity contribution in [1.82, 2.24) is 15.6 Å². The summed E-state index contributed by atoms with van der Waals surface area (Å²) in [7, 11) is 0. The van der Waals surface area contributed by atoms with Crippen molar-refractivity contribution in [2.45, 2.75) is 31.9 Å². The van der Waals surface area contributed by atoms with Crippen LogP contribution in [0.3, 0.4) is 0 Å². The number of amides is 2. The van der Waals surface area contributed by atoms with Gasteiger partial charge in [-0.25, -0.2) is 9.37 Å². The van der Waals surface area contributed by atoms with Gasteiger partial charge in [0.15, 0.2) is 5.13 Å². The Hall–Kier alpha value is -2.52. The molecule has 2 aromatic rings. The Morgan fingerprint density at radius 1 is 1.37 bits per heavy atom. The lowest BCUT2D eigenvalue weighted by atomic mass is 10.2. The van der Waals surface area contributed by atoms with Crippen LogP contribution in [0.5, 0.6) is 0 Å². The van der Waals surface area contributed by atoms with E-state index in [9.17, 15) is 14.0 Å². The molecule has 2 atom stereocenters. The second kappa shape index (κ2) is 8.92. The van der Waals surface area contributed by atoms with Gasteiger partial charge in [0.25, 0.3) is 5.91 Å². The van der Waals surface area contributed by atoms with Crippen LogP contribution in [0.1, 0.15) is 30.3 Å². The third kappa shape index (κ3) is 5.48. The smallest absolute Gasteiger partial charge is 0.271 e. The maximum atomic E-state index is 12.9. The molecule has 0 bridgehead atoms. The van der Waals surface area contributed by atoms with Crippen molar-refractivity contribution < 1.29 is 18.7 Å². The molecule has 7 nitrogen and oxygen atoms in total. The normalized spacial score (nSPS) is 17.3. The molecular weight excluding hydrogens is 371 g/mol. The summed E-state index contributed by atoms with van der Waals surface area (Å²) in [6.07, 6.45) is 1.99. The summed E-state index contributed by atoms with van der Waals surface area (Å²) in [5.41, 5.74) is 0.878. The van der Waals surface area contributed by atoms with E-state index in [0.717, 1.165) is 19.4 Å². The molecule has 0 saturated carbocycles. The quantitative estimate of drug-likeness (QED) is 0.673. The lowest BCUT2D eigenvalue weighted by molar-refractivity contribution is -0.123. The summed E-state index contributed by atoms with van der Waals surface area (Å²) in [5.74, 6) is -1.02. The predicted molar refractivity (Wildman–Crippen MR) is 101 cm³/mol. The van der Waals surface area contributed by atoms with Crippen LogP contribution < -0.4 is 16.0 Å². The Balaban J connectivity index is 1.49. The lowest BCUT2D eigenvalue weighted by Gasteiger charge is -2.15. The maximum Gasteiger partial charge on any atom is 0.271 e. The van der Waals surface area contributed by atoms with E-state index in [2.05, 4.69) is 20.9 Å². The van der Waals surface area contributed by atoms with Gasteiger partial charge in [-0.1, -0.05) is 0 Å². The number of anilines is 2. The SMILES string of the molecule is CC(NC(=O)c1csc(Nc2ccc(F)cc2)n1)C(=O)NCC1CCCO1. The van der Waals surface area contributed by atoms with E-state index in [0.29, 0.717) is 17.4 Å². The van der Waals surface area contributed by atoms with E-state index < -0.39 is 11.9 Å². The summed E-state index contributed by atoms with van der Waals surface area (Å²) in [5, 5.41) is 10.5. The van der Waals surface area contributed by atoms with Crippen molar-refractivity contribution in [3.8, 4) is 0 Å². The second-order valence-electron chi connectivity index (χ2n) is 6.25. The number of benzene rings is 1. The van der Waals surface area contributed by atoms with Crippen molar-refractivity contribution in [3.05, 3.63) is 41.2 Å². The van der Waals surface area contributed by atoms with Gasteiger partial charge >= 0.3 is 0 Å². The van der Waals surface area contributed by atoms with Gasteiger partial charge in [0.05, 0.1) is 6.10 Å². The summed E-state index contributed by atoms with van der Waals surface area (Å²) in [4.78, 5) is 28.6. The molecule has 1 aliphatic rings. The average molecular weight is 392 g/mol. The zero-order valence-corrected chi connectivity index (χ0v) is 15.6. The van der Waals surface area contributed by atoms with Crippen molar-refractivity contribution in [2.24, 2.45) is 0 Å². The third-order valence-corrected chi connectivity index (χ3v) is 4.86. The van der Waals surface area contributed by atoms with Crippen molar-refractivity contribution >= 4 is 34.0 Å². The van der Waals surface area contributed by atoms with Gasteiger partial charge in [-0.3, -0.25) is 9.59 Å². The Morgan fingerprint density at radius 3 is 2.85 bits per heavy atom. The number of halogens is 1. The van der Waals surface area contributed by atoms with E-state index in [1.54, 1.807) is 24.4 Å². The number of nitrogens with one attached hydrogen (secondary N) is 3. The Bertz CT molecular complexity index is 790. The van der Waals surface area contributed by atoms with Crippen LogP contribution in [0.2, 0.25) is 0 Å². The van der Waals surface area contributed by atoms with Crippen LogP contribution in [0.4, 0.5) is 15.2 Å². The fourth-order valence-electron chi connectivity index (χ4n) is 2.60. The summed E-state index contributed by atoms with van der Waals surface area (Å²) in [6.45, 7) is 2.79. The van der Waals surface area contributed by atoms with Gasteiger partial charge in [-0.2, -0.15) is 0 Å². The van der Waals surface area contributed by atoms with Crippen LogP contribution in [-0.4, -0.2) is 42.1 Å². The summed E-state index contributed by atoms with van der Waals surface area (Å²) in [6, 6.07) is 5.14. The number of carbonyl (C=O) groups is 2. The highest BCUT2D eigenvalue weighted by atomic mass is 32.1. The molecule has 9 heteroatoms. The minimum Gasteiger partial charge on any atom is -0.376 e. The molecule has 0 aliphatic carbocycles. The van der Waals surface area contributed by atoms with Crippen LogP contribution >= 0.6 is 11.3 Å². The molecule has 3 rings (SSSR count). The number of aromatic nitrogens is 1. The van der Waals surface area contributed by atoms with Gasteiger partial charge in [0, 0.05) is 24.2 Å². The molecule has 2 unspecified atom stereocenters. The highest BCUT2D eigenvalue weighted by molar-refractivity contribution is 7.14. The molecule has 2 heterocycles. The number of rotatable bonds is 7. The molecule has 0 radical (unpaired) electrons. The molecule has 3 N–H and O–H groups in total. The summed E-state index contributed by atoms with van der Waals surface area (Å²) < 4.78 is 18.4. The van der Waals surface area contributed by atoms with Crippen LogP contribution in [0, 0.1) is 5.82 Å². The number of hydrogen-bond donors (Lipinski definition) is 3. The molecule has 1 aliphatic heterocycles. The first-order valence-electron chi connectivity index (χ1n) is 8.69. The number of hydrogen-bond acceptors (Lipinski definition) is 6. The standard InChI is InChI=1S/C18H21FN4O3S/c1-11(16(24)20-9-14-3-2-8-26-14)21-17(25)15-10-27-18(23-15)22-13-6-4-12(19)5-7-13/h4-7,10-11,14H,2-3,8-9H2,1H3,(H,20,24)(H,21,25)(H,22,23). The highest BCUT2D eigenvalue weighted by Crippen LogP contribution is 2.21. The molecule has 1 fully saturated rings. The highest BCUT2D eigenvalue weighted by Gasteiger charge is 2.21. The predicted octanol–water partition coefficient (Wildman–Crippen LogP) is 2.44. The Kier molecular flexibility index (Phi) is 6.36. The molecule has 0 spiro atoms. The van der Waals surface area contributed by atoms with Gasteiger partial charge < -0.3 is 20.7 Å². The molecule has 27 heavy (non-hydrogen) atoms. The fourth-order valence-corrected chi connectivity index (χ4v) is 3.31. The average Bonchev–Trinajstić information content (AvgIpc) is 3.33. The van der Waals surface area contributed by atoms with E-state index in [1.807, 2.05) is 0 Å². The van der Waals surface area contributed by atoms with Crippen molar-refractivity contribution in [1.29, 1.82) is 0 Å². The fraction of sp³-hybridized carbons (Fsp3) is 0.389. The Morgan fingerprint density at radius 2 is 2.15 bits per heavy atom. The van der Waals surface area contributed by atoms with E-state index in [1.165, 1.54) is 23.5 Å². The zero-order valence-electron chi connectivity index (χ0n) is 14.8. The number of carbonyl (C=O) groups excluding carboxylic acids is 2. The number of nitrogens with zero attached hydrogens (tertiary/aromatic N) is 1. The first kappa shape index (κ1) is 19.2. The molecule has 1 aromatic carbocycles. The van der Waals surface area contributed by atoms with Gasteiger partial charge in [0.1, 0.15) is 17.6 Å². The molecule has 2 amide bonds. The molecule has 144 valence electrons. The number of ether oxygens (including phenoxy) is 1. The lowest BCUT2D eigenvalue weighted by Crippen LogP contribution is -2.46. The van der Waals surface area contributed by atoms with Gasteiger partial charge in [-0.05, 0) is 44.0 Å². The van der Waals surface area contributed by atoms with Gasteiger partial charge in [-0.15, -0.1) is 11.3 Å². The molecule has 1 saturated heterocycles. The summed E-state index contributed by atoms with van der Waals surface area (Å²) >= 11 is 1.25. The topological polar surface area (TPSA) is 92.4 Å². The zero-order chi connectivity index (χ0) is 19.2. The van der Waals surface area contributed by atoms with Crippen LogP contribution in [0.15, 0.2) is 29.6 Å². The third-order valence-electron chi connectivity index (χ3n) is 4.10. The van der Waals surface area contributed by atoms with Crippen LogP contribution in [0.25, 0.3) is 0 Å². The monoisotopic (exact) mass is 392 g/mol. The van der Waals surface area contributed by atoms with Gasteiger partial charge in [0.2, 0.25) is 5.91 Å². The first-order valence-corrected chi connectivity index (χ1v) is 9.57. The molecular formula is C18H21FN4O3S. The minimum atomic E-state index is -0.686. The number of thiazole rings is 1. The van der Waals surface area contributed by atoms with E-state index in [-0.39, 0.29) is 23.5 Å². The Labute approximate surface area is 160 Å². The maximum absolute atomic E-state index is 12.9. The van der Waals surface area contributed by atoms with Crippen molar-refractivity contribution in [3.63, 3.8) is 0 Å². The van der Waals surface area contributed by atoms with E-state index in [4.69, 9.17) is 4.74 Å². The minimum absolute atomic E-state index is 0.0514. The largest absolute Gasteiger partial charge is 0.376 e. The first-order chi connectivity index (χ1) is 13.0. The van der Waals surface area contributed by atoms with Crippen molar-refractivity contribution in [2.75, 3.05) is 18.5 Å². The second-order valence-corrected chi connectivity index (χ2v) is 7.10.